The summed E-state index contributed by atoms with van der Waals surface area (Å²) in [6.07, 6.45) is 1.27. The van der Waals surface area contributed by atoms with E-state index < -0.39 is 23.6 Å². The zero-order chi connectivity index (χ0) is 14.5. The molecule has 5 nitrogen and oxygen atoms in total. The van der Waals surface area contributed by atoms with E-state index in [0.29, 0.717) is 6.54 Å². The van der Waals surface area contributed by atoms with Crippen molar-refractivity contribution in [3.05, 3.63) is 47.7 Å². The first-order valence-corrected chi connectivity index (χ1v) is 6.52. The quantitative estimate of drug-likeness (QED) is 0.848. The van der Waals surface area contributed by atoms with E-state index in [9.17, 15) is 14.7 Å². The first kappa shape index (κ1) is 14.1. The first-order chi connectivity index (χ1) is 9.61. The molecule has 0 fully saturated rings. The molecule has 0 aliphatic carbocycles. The average molecular weight is 275 g/mol. The van der Waals surface area contributed by atoms with Crippen molar-refractivity contribution in [3.8, 4) is 0 Å². The first-order valence-electron chi connectivity index (χ1n) is 6.52. The number of carbonyl (C=O) groups is 2. The number of esters is 1. The van der Waals surface area contributed by atoms with Crippen LogP contribution in [0.3, 0.4) is 0 Å². The Bertz CT molecular complexity index is 524. The molecule has 5 heteroatoms. The van der Waals surface area contributed by atoms with Crippen LogP contribution in [0, 0.1) is 5.92 Å². The van der Waals surface area contributed by atoms with Crippen molar-refractivity contribution in [3.63, 3.8) is 0 Å². The number of hydrogen-bond donors (Lipinski definition) is 1. The maximum Gasteiger partial charge on any atom is 0.314 e. The molecule has 1 amide bonds. The molecule has 1 aliphatic rings. The van der Waals surface area contributed by atoms with Crippen molar-refractivity contribution in [1.82, 2.24) is 4.90 Å². The van der Waals surface area contributed by atoms with Gasteiger partial charge in [-0.2, -0.15) is 0 Å². The number of amides is 1. The molecule has 1 heterocycles. The van der Waals surface area contributed by atoms with Crippen molar-refractivity contribution in [2.45, 2.75) is 13.5 Å². The van der Waals surface area contributed by atoms with Crippen LogP contribution in [0.5, 0.6) is 0 Å². The Morgan fingerprint density at radius 1 is 1.40 bits per heavy atom. The van der Waals surface area contributed by atoms with Crippen LogP contribution < -0.4 is 0 Å². The molecule has 0 bridgehead atoms. The van der Waals surface area contributed by atoms with Crippen LogP contribution >= 0.6 is 0 Å². The summed E-state index contributed by atoms with van der Waals surface area (Å²) in [5, 5.41) is 9.68. The van der Waals surface area contributed by atoms with Crippen molar-refractivity contribution in [2.24, 2.45) is 5.92 Å². The van der Waals surface area contributed by atoms with Gasteiger partial charge in [0.2, 0.25) is 0 Å². The minimum absolute atomic E-state index is 0.219. The van der Waals surface area contributed by atoms with Crippen molar-refractivity contribution < 1.29 is 19.4 Å². The number of carbonyl (C=O) groups excluding carboxylic acids is 2. The lowest BCUT2D eigenvalue weighted by atomic mass is 10.0. The second-order valence-electron chi connectivity index (χ2n) is 4.58. The van der Waals surface area contributed by atoms with Crippen LogP contribution in [0.2, 0.25) is 0 Å². The molecule has 0 radical (unpaired) electrons. The monoisotopic (exact) mass is 275 g/mol. The lowest BCUT2D eigenvalue weighted by Gasteiger charge is -2.29. The van der Waals surface area contributed by atoms with E-state index in [4.69, 9.17) is 4.74 Å². The highest BCUT2D eigenvalue weighted by atomic mass is 16.5. The van der Waals surface area contributed by atoms with E-state index in [1.807, 2.05) is 30.3 Å². The molecular formula is C15H17NO4. The van der Waals surface area contributed by atoms with E-state index in [1.165, 1.54) is 11.0 Å². The lowest BCUT2D eigenvalue weighted by Crippen LogP contribution is -2.42. The van der Waals surface area contributed by atoms with Gasteiger partial charge in [-0.05, 0) is 18.6 Å². The predicted octanol–water partition coefficient (Wildman–Crippen LogP) is 1.65. The van der Waals surface area contributed by atoms with Crippen LogP contribution in [0.4, 0.5) is 0 Å². The number of rotatable bonds is 4. The largest absolute Gasteiger partial charge is 0.503 e. The van der Waals surface area contributed by atoms with Crippen LogP contribution in [0.25, 0.3) is 0 Å². The molecule has 106 valence electrons. The molecule has 20 heavy (non-hydrogen) atoms. The fraction of sp³-hybridized carbons (Fsp3) is 0.333. The van der Waals surface area contributed by atoms with Gasteiger partial charge in [0.05, 0.1) is 12.5 Å². The Hall–Kier alpha value is -2.30. The number of aliphatic hydroxyl groups is 1. The molecule has 0 spiro atoms. The fourth-order valence-electron chi connectivity index (χ4n) is 2.13. The summed E-state index contributed by atoms with van der Waals surface area (Å²) < 4.78 is 4.93. The highest BCUT2D eigenvalue weighted by molar-refractivity contribution is 5.94. The maximum absolute atomic E-state index is 11.9. The molecule has 1 aliphatic heterocycles. The number of nitrogens with zero attached hydrogens (tertiary/aromatic N) is 1. The number of benzene rings is 1. The Kier molecular flexibility index (Phi) is 4.40. The summed E-state index contributed by atoms with van der Waals surface area (Å²) in [6.45, 7) is 2.57. The van der Waals surface area contributed by atoms with Gasteiger partial charge in [0.15, 0.2) is 5.76 Å². The van der Waals surface area contributed by atoms with Gasteiger partial charge in [0, 0.05) is 13.1 Å². The molecule has 1 unspecified atom stereocenters. The molecule has 0 saturated heterocycles. The third-order valence-electron chi connectivity index (χ3n) is 3.09. The minimum atomic E-state index is -0.614. The van der Waals surface area contributed by atoms with Crippen molar-refractivity contribution in [2.75, 3.05) is 13.2 Å². The van der Waals surface area contributed by atoms with Gasteiger partial charge in [-0.25, -0.2) is 0 Å². The van der Waals surface area contributed by atoms with E-state index in [2.05, 4.69) is 0 Å². The van der Waals surface area contributed by atoms with Gasteiger partial charge >= 0.3 is 5.97 Å². The number of aliphatic hydroxyl groups excluding tert-OH is 1. The van der Waals surface area contributed by atoms with Crippen LogP contribution in [0.1, 0.15) is 12.5 Å². The van der Waals surface area contributed by atoms with Gasteiger partial charge < -0.3 is 14.7 Å². The van der Waals surface area contributed by atoms with Crippen molar-refractivity contribution >= 4 is 11.9 Å². The zero-order valence-corrected chi connectivity index (χ0v) is 11.3. The van der Waals surface area contributed by atoms with Gasteiger partial charge in [0.25, 0.3) is 5.91 Å². The molecule has 2 rings (SSSR count). The van der Waals surface area contributed by atoms with E-state index in [-0.39, 0.29) is 13.2 Å². The summed E-state index contributed by atoms with van der Waals surface area (Å²) in [4.78, 5) is 25.1. The van der Waals surface area contributed by atoms with Crippen LogP contribution in [-0.4, -0.2) is 35.0 Å². The topological polar surface area (TPSA) is 66.8 Å². The van der Waals surface area contributed by atoms with Gasteiger partial charge in [-0.15, -0.1) is 0 Å². The van der Waals surface area contributed by atoms with Crippen LogP contribution in [-0.2, 0) is 20.9 Å². The summed E-state index contributed by atoms with van der Waals surface area (Å²) in [5.74, 6) is -1.90. The standard InChI is InChI=1S/C15H17NO4/c1-2-20-15(19)12-8-13(17)14(18)16(10-12)9-11-6-4-3-5-7-11/h3-8,12,17H,2,9-10H2,1H3. The van der Waals surface area contributed by atoms with Crippen molar-refractivity contribution in [1.29, 1.82) is 0 Å². The third kappa shape index (κ3) is 3.17. The normalized spacial score (nSPS) is 18.6. The second kappa shape index (κ2) is 6.23. The summed E-state index contributed by atoms with van der Waals surface area (Å²) in [7, 11) is 0. The molecule has 1 N–H and O–H groups in total. The predicted molar refractivity (Wildman–Crippen MR) is 72.7 cm³/mol. The Morgan fingerprint density at radius 3 is 2.75 bits per heavy atom. The summed E-state index contributed by atoms with van der Waals surface area (Å²) in [6, 6.07) is 9.43. The summed E-state index contributed by atoms with van der Waals surface area (Å²) >= 11 is 0. The molecule has 1 atom stereocenters. The molecule has 0 saturated carbocycles. The number of hydrogen-bond acceptors (Lipinski definition) is 4. The van der Waals surface area contributed by atoms with Gasteiger partial charge in [-0.1, -0.05) is 30.3 Å². The fourth-order valence-corrected chi connectivity index (χ4v) is 2.13. The maximum atomic E-state index is 11.9. The highest BCUT2D eigenvalue weighted by Crippen LogP contribution is 2.18. The molecule has 1 aromatic rings. The smallest absolute Gasteiger partial charge is 0.314 e. The molecule has 1 aromatic carbocycles. The van der Waals surface area contributed by atoms with E-state index in [1.54, 1.807) is 6.92 Å². The minimum Gasteiger partial charge on any atom is -0.503 e. The summed E-state index contributed by atoms with van der Waals surface area (Å²) in [5.41, 5.74) is 0.943. The van der Waals surface area contributed by atoms with Gasteiger partial charge in [0.1, 0.15) is 0 Å². The lowest BCUT2D eigenvalue weighted by molar-refractivity contribution is -0.148. The third-order valence-corrected chi connectivity index (χ3v) is 3.09. The second-order valence-corrected chi connectivity index (χ2v) is 4.58. The molecule has 0 aromatic heterocycles. The Balaban J connectivity index is 2.12. The average Bonchev–Trinajstić information content (AvgIpc) is 2.45. The zero-order valence-electron chi connectivity index (χ0n) is 11.3. The molecular weight excluding hydrogens is 258 g/mol. The number of ether oxygens (including phenoxy) is 1. The van der Waals surface area contributed by atoms with Gasteiger partial charge in [-0.3, -0.25) is 9.59 Å². The van der Waals surface area contributed by atoms with E-state index >= 15 is 0 Å². The highest BCUT2D eigenvalue weighted by Gasteiger charge is 2.31. The van der Waals surface area contributed by atoms with E-state index in [0.717, 1.165) is 5.56 Å². The SMILES string of the molecule is CCOC(=O)C1C=C(O)C(=O)N(Cc2ccccc2)C1. The Morgan fingerprint density at radius 2 is 2.10 bits per heavy atom. The Labute approximate surface area is 117 Å². The van der Waals surface area contributed by atoms with Crippen LogP contribution in [0.15, 0.2) is 42.2 Å².